The van der Waals surface area contributed by atoms with Gasteiger partial charge >= 0.3 is 0 Å². The SMILES string of the molecule is CC(NCC1CCCCC1C)C(=O)NC1CCCC1. The zero-order valence-corrected chi connectivity index (χ0v) is 12.6. The lowest BCUT2D eigenvalue weighted by molar-refractivity contribution is -0.123. The van der Waals surface area contributed by atoms with Crippen molar-refractivity contribution in [3.05, 3.63) is 0 Å². The third kappa shape index (κ3) is 4.48. The summed E-state index contributed by atoms with van der Waals surface area (Å²) < 4.78 is 0. The molecular formula is C16H30N2O. The summed E-state index contributed by atoms with van der Waals surface area (Å²) in [4.78, 5) is 12.1. The monoisotopic (exact) mass is 266 g/mol. The average Bonchev–Trinajstić information content (AvgIpc) is 2.90. The molecule has 3 atom stereocenters. The first kappa shape index (κ1) is 14.8. The number of carbonyl (C=O) groups is 1. The van der Waals surface area contributed by atoms with Gasteiger partial charge in [0, 0.05) is 6.04 Å². The van der Waals surface area contributed by atoms with Gasteiger partial charge in [0.25, 0.3) is 0 Å². The van der Waals surface area contributed by atoms with Crippen molar-refractivity contribution in [2.75, 3.05) is 6.54 Å². The minimum Gasteiger partial charge on any atom is -0.352 e. The van der Waals surface area contributed by atoms with Crippen molar-refractivity contribution < 1.29 is 4.79 Å². The quantitative estimate of drug-likeness (QED) is 0.803. The molecule has 0 aromatic rings. The van der Waals surface area contributed by atoms with Crippen LogP contribution in [-0.2, 0) is 4.79 Å². The van der Waals surface area contributed by atoms with Crippen molar-refractivity contribution >= 4 is 5.91 Å². The van der Waals surface area contributed by atoms with Gasteiger partial charge < -0.3 is 10.6 Å². The molecule has 1 amide bonds. The Kier molecular flexibility index (Phi) is 5.68. The topological polar surface area (TPSA) is 41.1 Å². The van der Waals surface area contributed by atoms with Crippen LogP contribution in [0.5, 0.6) is 0 Å². The van der Waals surface area contributed by atoms with Gasteiger partial charge in [-0.2, -0.15) is 0 Å². The predicted molar refractivity (Wildman–Crippen MR) is 79.0 cm³/mol. The van der Waals surface area contributed by atoms with E-state index in [0.717, 1.165) is 31.2 Å². The Labute approximate surface area is 117 Å². The van der Waals surface area contributed by atoms with Crippen LogP contribution in [0.2, 0.25) is 0 Å². The second-order valence-corrected chi connectivity index (χ2v) is 6.64. The van der Waals surface area contributed by atoms with Crippen LogP contribution in [0, 0.1) is 11.8 Å². The largest absolute Gasteiger partial charge is 0.352 e. The summed E-state index contributed by atoms with van der Waals surface area (Å²) in [6.45, 7) is 5.35. The number of nitrogens with one attached hydrogen (secondary N) is 2. The van der Waals surface area contributed by atoms with E-state index in [1.54, 1.807) is 0 Å². The number of hydrogen-bond donors (Lipinski definition) is 2. The molecule has 19 heavy (non-hydrogen) atoms. The fraction of sp³-hybridized carbons (Fsp3) is 0.938. The van der Waals surface area contributed by atoms with Crippen LogP contribution in [0.1, 0.15) is 65.2 Å². The van der Waals surface area contributed by atoms with Gasteiger partial charge in [-0.25, -0.2) is 0 Å². The molecular weight excluding hydrogens is 236 g/mol. The van der Waals surface area contributed by atoms with E-state index in [1.807, 2.05) is 6.92 Å². The molecule has 0 heterocycles. The zero-order valence-electron chi connectivity index (χ0n) is 12.6. The summed E-state index contributed by atoms with van der Waals surface area (Å²) in [7, 11) is 0. The number of amides is 1. The Bertz CT molecular complexity index is 286. The minimum absolute atomic E-state index is 0.0465. The highest BCUT2D eigenvalue weighted by molar-refractivity contribution is 5.81. The Balaban J connectivity index is 1.67. The molecule has 2 fully saturated rings. The summed E-state index contributed by atoms with van der Waals surface area (Å²) in [6, 6.07) is 0.389. The molecule has 2 saturated carbocycles. The van der Waals surface area contributed by atoms with Gasteiger partial charge in [0.05, 0.1) is 6.04 Å². The minimum atomic E-state index is -0.0465. The van der Waals surface area contributed by atoms with Crippen molar-refractivity contribution in [1.29, 1.82) is 0 Å². The highest BCUT2D eigenvalue weighted by Gasteiger charge is 2.24. The van der Waals surface area contributed by atoms with Crippen LogP contribution in [0.25, 0.3) is 0 Å². The Morgan fingerprint density at radius 3 is 2.42 bits per heavy atom. The summed E-state index contributed by atoms with van der Waals surface area (Å²) in [5, 5.41) is 6.62. The molecule has 110 valence electrons. The second kappa shape index (κ2) is 7.28. The first-order valence-corrected chi connectivity index (χ1v) is 8.20. The standard InChI is InChI=1S/C16H30N2O/c1-12-7-3-4-8-14(12)11-17-13(2)16(19)18-15-9-5-6-10-15/h12-15,17H,3-11H2,1-2H3,(H,18,19). The van der Waals surface area contributed by atoms with Gasteiger partial charge in [0.1, 0.15) is 0 Å². The Morgan fingerprint density at radius 2 is 1.74 bits per heavy atom. The maximum absolute atomic E-state index is 12.1. The molecule has 0 spiro atoms. The Morgan fingerprint density at radius 1 is 1.11 bits per heavy atom. The fourth-order valence-electron chi connectivity index (χ4n) is 3.51. The third-order valence-electron chi connectivity index (χ3n) is 5.07. The number of hydrogen-bond acceptors (Lipinski definition) is 2. The molecule has 2 aliphatic rings. The molecule has 0 aromatic heterocycles. The van der Waals surface area contributed by atoms with Gasteiger partial charge in [0.15, 0.2) is 0 Å². The lowest BCUT2D eigenvalue weighted by Crippen LogP contribution is -2.47. The van der Waals surface area contributed by atoms with E-state index >= 15 is 0 Å². The maximum atomic E-state index is 12.1. The first-order valence-electron chi connectivity index (χ1n) is 8.20. The highest BCUT2D eigenvalue weighted by Crippen LogP contribution is 2.28. The predicted octanol–water partition coefficient (Wildman–Crippen LogP) is 2.85. The van der Waals surface area contributed by atoms with Crippen LogP contribution < -0.4 is 10.6 Å². The van der Waals surface area contributed by atoms with Crippen LogP contribution in [0.15, 0.2) is 0 Å². The lowest BCUT2D eigenvalue weighted by Gasteiger charge is -2.30. The zero-order chi connectivity index (χ0) is 13.7. The van der Waals surface area contributed by atoms with Crippen molar-refractivity contribution in [3.8, 4) is 0 Å². The average molecular weight is 266 g/mol. The van der Waals surface area contributed by atoms with E-state index in [2.05, 4.69) is 17.6 Å². The molecule has 0 aromatic carbocycles. The molecule has 3 nitrogen and oxygen atoms in total. The van der Waals surface area contributed by atoms with E-state index in [1.165, 1.54) is 38.5 Å². The van der Waals surface area contributed by atoms with Gasteiger partial charge in [-0.3, -0.25) is 4.79 Å². The molecule has 0 aliphatic heterocycles. The summed E-state index contributed by atoms with van der Waals surface area (Å²) in [6.07, 6.45) is 10.3. The van der Waals surface area contributed by atoms with Crippen molar-refractivity contribution in [2.45, 2.75) is 77.3 Å². The lowest BCUT2D eigenvalue weighted by atomic mass is 9.80. The van der Waals surface area contributed by atoms with Crippen LogP contribution in [0.3, 0.4) is 0 Å². The van der Waals surface area contributed by atoms with Gasteiger partial charge in [0.2, 0.25) is 5.91 Å². The van der Waals surface area contributed by atoms with E-state index in [4.69, 9.17) is 0 Å². The van der Waals surface area contributed by atoms with Crippen molar-refractivity contribution in [2.24, 2.45) is 11.8 Å². The summed E-state index contributed by atoms with van der Waals surface area (Å²) >= 11 is 0. The highest BCUT2D eigenvalue weighted by atomic mass is 16.2. The number of rotatable bonds is 5. The van der Waals surface area contributed by atoms with E-state index < -0.39 is 0 Å². The van der Waals surface area contributed by atoms with E-state index in [9.17, 15) is 4.79 Å². The van der Waals surface area contributed by atoms with Gasteiger partial charge in [-0.15, -0.1) is 0 Å². The molecule has 2 aliphatic carbocycles. The van der Waals surface area contributed by atoms with Crippen LogP contribution in [-0.4, -0.2) is 24.5 Å². The summed E-state index contributed by atoms with van der Waals surface area (Å²) in [5.74, 6) is 1.76. The molecule has 0 bridgehead atoms. The smallest absolute Gasteiger partial charge is 0.237 e. The van der Waals surface area contributed by atoms with Crippen molar-refractivity contribution in [1.82, 2.24) is 10.6 Å². The second-order valence-electron chi connectivity index (χ2n) is 6.64. The third-order valence-corrected chi connectivity index (χ3v) is 5.07. The molecule has 2 N–H and O–H groups in total. The fourth-order valence-corrected chi connectivity index (χ4v) is 3.51. The molecule has 3 unspecified atom stereocenters. The molecule has 0 radical (unpaired) electrons. The number of carbonyl (C=O) groups excluding carboxylic acids is 1. The first-order chi connectivity index (χ1) is 9.16. The normalized spacial score (nSPS) is 30.2. The molecule has 0 saturated heterocycles. The maximum Gasteiger partial charge on any atom is 0.237 e. The Hall–Kier alpha value is -0.570. The van der Waals surface area contributed by atoms with E-state index in [0.29, 0.717) is 6.04 Å². The molecule has 3 heteroatoms. The van der Waals surface area contributed by atoms with Gasteiger partial charge in [-0.1, -0.05) is 39.0 Å². The molecule has 2 rings (SSSR count). The summed E-state index contributed by atoms with van der Waals surface area (Å²) in [5.41, 5.74) is 0. The van der Waals surface area contributed by atoms with Crippen LogP contribution in [0.4, 0.5) is 0 Å². The van der Waals surface area contributed by atoms with Crippen molar-refractivity contribution in [3.63, 3.8) is 0 Å². The van der Waals surface area contributed by atoms with Gasteiger partial charge in [-0.05, 0) is 44.6 Å². The van der Waals surface area contributed by atoms with Crippen LogP contribution >= 0.6 is 0 Å². The van der Waals surface area contributed by atoms with E-state index in [-0.39, 0.29) is 11.9 Å².